The number of aliphatic hydroxyl groups is 1. The fraction of sp³-hybridized carbons (Fsp3) is 0.389. The van der Waals surface area contributed by atoms with E-state index in [0.717, 1.165) is 12.0 Å². The average Bonchev–Trinajstić information content (AvgIpc) is 2.97. The number of amides is 1. The van der Waals surface area contributed by atoms with Crippen molar-refractivity contribution < 1.29 is 14.3 Å². The van der Waals surface area contributed by atoms with E-state index in [0.29, 0.717) is 25.1 Å². The number of hydrogen-bond acceptors (Lipinski definition) is 2. The van der Waals surface area contributed by atoms with E-state index in [9.17, 15) is 14.3 Å². The Morgan fingerprint density at radius 1 is 1.30 bits per heavy atom. The van der Waals surface area contributed by atoms with Crippen molar-refractivity contribution in [2.45, 2.75) is 31.4 Å². The molecule has 1 N–H and O–H groups in total. The van der Waals surface area contributed by atoms with E-state index in [-0.39, 0.29) is 17.8 Å². The molecular weight excluding hydrogens is 295 g/mol. The van der Waals surface area contributed by atoms with Gasteiger partial charge in [-0.05, 0) is 49.1 Å². The van der Waals surface area contributed by atoms with E-state index in [4.69, 9.17) is 0 Å². The normalized spacial score (nSPS) is 21.4. The molecule has 0 bridgehead atoms. The topological polar surface area (TPSA) is 45.5 Å². The molecule has 2 aromatic rings. The Morgan fingerprint density at radius 2 is 2.04 bits per heavy atom. The molecular formula is C18H21FN2O2. The fourth-order valence-electron chi connectivity index (χ4n) is 3.23. The second-order valence-electron chi connectivity index (χ2n) is 6.11. The highest BCUT2D eigenvalue weighted by atomic mass is 19.1. The van der Waals surface area contributed by atoms with Crippen molar-refractivity contribution in [1.82, 2.24) is 9.47 Å². The minimum absolute atomic E-state index is 0.0663. The monoisotopic (exact) mass is 316 g/mol. The molecule has 0 radical (unpaired) electrons. The van der Waals surface area contributed by atoms with Crippen molar-refractivity contribution in [2.24, 2.45) is 7.05 Å². The zero-order valence-corrected chi connectivity index (χ0v) is 13.2. The van der Waals surface area contributed by atoms with Gasteiger partial charge < -0.3 is 14.6 Å². The van der Waals surface area contributed by atoms with Crippen LogP contribution in [0.1, 0.15) is 28.9 Å². The number of piperidine rings is 1. The lowest BCUT2D eigenvalue weighted by atomic mass is 9.92. The van der Waals surface area contributed by atoms with Crippen molar-refractivity contribution >= 4 is 5.91 Å². The number of aryl methyl sites for hydroxylation is 1. The molecule has 1 fully saturated rings. The molecule has 23 heavy (non-hydrogen) atoms. The zero-order valence-electron chi connectivity index (χ0n) is 13.2. The van der Waals surface area contributed by atoms with Crippen LogP contribution < -0.4 is 0 Å². The molecule has 1 aromatic heterocycles. The summed E-state index contributed by atoms with van der Waals surface area (Å²) >= 11 is 0. The second-order valence-corrected chi connectivity index (χ2v) is 6.11. The predicted octanol–water partition coefficient (Wildman–Crippen LogP) is 2.37. The molecule has 122 valence electrons. The first kappa shape index (κ1) is 15.7. The highest BCUT2D eigenvalue weighted by molar-refractivity contribution is 5.93. The molecule has 1 aromatic carbocycles. The summed E-state index contributed by atoms with van der Waals surface area (Å²) in [7, 11) is 1.84. The maximum Gasteiger partial charge on any atom is 0.270 e. The fourth-order valence-corrected chi connectivity index (χ4v) is 3.23. The molecule has 1 aliphatic heterocycles. The van der Waals surface area contributed by atoms with Crippen LogP contribution in [0.5, 0.6) is 0 Å². The summed E-state index contributed by atoms with van der Waals surface area (Å²) in [6, 6.07) is 9.59. The lowest BCUT2D eigenvalue weighted by Crippen LogP contribution is -2.52. The molecule has 0 spiro atoms. The van der Waals surface area contributed by atoms with Crippen LogP contribution in [0, 0.1) is 5.82 Å². The molecule has 3 rings (SSSR count). The average molecular weight is 316 g/mol. The third kappa shape index (κ3) is 3.29. The molecule has 1 aliphatic rings. The van der Waals surface area contributed by atoms with E-state index < -0.39 is 6.10 Å². The molecule has 4 nitrogen and oxygen atoms in total. The molecule has 0 unspecified atom stereocenters. The minimum Gasteiger partial charge on any atom is -0.391 e. The Balaban J connectivity index is 1.83. The van der Waals surface area contributed by atoms with E-state index in [1.807, 2.05) is 19.3 Å². The molecule has 2 heterocycles. The quantitative estimate of drug-likeness (QED) is 0.945. The number of benzene rings is 1. The van der Waals surface area contributed by atoms with Crippen molar-refractivity contribution in [2.75, 3.05) is 6.54 Å². The molecule has 0 aliphatic carbocycles. The summed E-state index contributed by atoms with van der Waals surface area (Å²) < 4.78 is 14.9. The largest absolute Gasteiger partial charge is 0.391 e. The van der Waals surface area contributed by atoms with Gasteiger partial charge in [-0.25, -0.2) is 4.39 Å². The SMILES string of the molecule is Cn1cccc1C(=O)N1CCC[C@H](O)[C@@H]1Cc1ccc(F)cc1. The summed E-state index contributed by atoms with van der Waals surface area (Å²) in [4.78, 5) is 14.6. The van der Waals surface area contributed by atoms with Crippen LogP contribution in [0.4, 0.5) is 4.39 Å². The first-order valence-electron chi connectivity index (χ1n) is 7.91. The first-order valence-corrected chi connectivity index (χ1v) is 7.91. The van der Waals surface area contributed by atoms with Crippen LogP contribution in [-0.2, 0) is 13.5 Å². The number of likely N-dealkylation sites (tertiary alicyclic amines) is 1. The molecule has 1 amide bonds. The lowest BCUT2D eigenvalue weighted by molar-refractivity contribution is 0.0113. The van der Waals surface area contributed by atoms with Gasteiger partial charge in [0.2, 0.25) is 0 Å². The molecule has 1 saturated heterocycles. The third-order valence-corrected chi connectivity index (χ3v) is 4.53. The number of rotatable bonds is 3. The van der Waals surface area contributed by atoms with Crippen molar-refractivity contribution in [3.05, 3.63) is 59.7 Å². The number of aromatic nitrogens is 1. The van der Waals surface area contributed by atoms with Crippen molar-refractivity contribution in [1.29, 1.82) is 0 Å². The number of aliphatic hydroxyl groups excluding tert-OH is 1. The highest BCUT2D eigenvalue weighted by Crippen LogP contribution is 2.23. The Bertz CT molecular complexity index is 681. The Kier molecular flexibility index (Phi) is 4.48. The van der Waals surface area contributed by atoms with Gasteiger partial charge >= 0.3 is 0 Å². The van der Waals surface area contributed by atoms with Crippen LogP contribution in [0.25, 0.3) is 0 Å². The summed E-state index contributed by atoms with van der Waals surface area (Å²) in [6.07, 6.45) is 3.28. The molecule has 0 saturated carbocycles. The van der Waals surface area contributed by atoms with Crippen molar-refractivity contribution in [3.8, 4) is 0 Å². The van der Waals surface area contributed by atoms with Crippen LogP contribution >= 0.6 is 0 Å². The number of halogens is 1. The number of hydrogen-bond donors (Lipinski definition) is 1. The summed E-state index contributed by atoms with van der Waals surface area (Å²) in [5.41, 5.74) is 1.53. The van der Waals surface area contributed by atoms with Gasteiger partial charge in [0.15, 0.2) is 0 Å². The van der Waals surface area contributed by atoms with Crippen LogP contribution in [0.15, 0.2) is 42.6 Å². The third-order valence-electron chi connectivity index (χ3n) is 4.53. The van der Waals surface area contributed by atoms with E-state index in [2.05, 4.69) is 0 Å². The van der Waals surface area contributed by atoms with Gasteiger partial charge in [0.05, 0.1) is 12.1 Å². The molecule has 2 atom stereocenters. The molecule has 5 heteroatoms. The highest BCUT2D eigenvalue weighted by Gasteiger charge is 2.34. The second kappa shape index (κ2) is 6.54. The smallest absolute Gasteiger partial charge is 0.270 e. The number of carbonyl (C=O) groups excluding carboxylic acids is 1. The van der Waals surface area contributed by atoms with Gasteiger partial charge in [-0.15, -0.1) is 0 Å². The standard InChI is InChI=1S/C18H21FN2O2/c1-20-10-2-4-15(20)18(23)21-11-3-5-17(22)16(21)12-13-6-8-14(19)9-7-13/h2,4,6-10,16-17,22H,3,5,11-12H2,1H3/t16-,17-/m0/s1. The van der Waals surface area contributed by atoms with Gasteiger partial charge in [0, 0.05) is 19.8 Å². The summed E-state index contributed by atoms with van der Waals surface area (Å²) in [6.45, 7) is 0.632. The van der Waals surface area contributed by atoms with Crippen LogP contribution in [0.2, 0.25) is 0 Å². The van der Waals surface area contributed by atoms with Gasteiger partial charge in [0.1, 0.15) is 11.5 Å². The Hall–Kier alpha value is -2.14. The van der Waals surface area contributed by atoms with Gasteiger partial charge in [-0.2, -0.15) is 0 Å². The number of carbonyl (C=O) groups is 1. The van der Waals surface area contributed by atoms with Crippen LogP contribution in [-0.4, -0.2) is 39.2 Å². The predicted molar refractivity (Wildman–Crippen MR) is 85.6 cm³/mol. The minimum atomic E-state index is -0.557. The summed E-state index contributed by atoms with van der Waals surface area (Å²) in [5.74, 6) is -0.349. The van der Waals surface area contributed by atoms with E-state index >= 15 is 0 Å². The van der Waals surface area contributed by atoms with Gasteiger partial charge in [0.25, 0.3) is 5.91 Å². The Labute approximate surface area is 135 Å². The van der Waals surface area contributed by atoms with Gasteiger partial charge in [-0.1, -0.05) is 12.1 Å². The zero-order chi connectivity index (χ0) is 16.4. The van der Waals surface area contributed by atoms with Gasteiger partial charge in [-0.3, -0.25) is 4.79 Å². The van der Waals surface area contributed by atoms with E-state index in [1.165, 1.54) is 12.1 Å². The first-order chi connectivity index (χ1) is 11.1. The van der Waals surface area contributed by atoms with Crippen molar-refractivity contribution in [3.63, 3.8) is 0 Å². The maximum absolute atomic E-state index is 13.1. The van der Waals surface area contributed by atoms with Crippen LogP contribution in [0.3, 0.4) is 0 Å². The maximum atomic E-state index is 13.1. The summed E-state index contributed by atoms with van der Waals surface area (Å²) in [5, 5.41) is 10.4. The Morgan fingerprint density at radius 3 is 2.70 bits per heavy atom. The van der Waals surface area contributed by atoms with E-state index in [1.54, 1.807) is 27.7 Å². The number of nitrogens with zero attached hydrogens (tertiary/aromatic N) is 2. The lowest BCUT2D eigenvalue weighted by Gasteiger charge is -2.39.